The highest BCUT2D eigenvalue weighted by atomic mass is 16.4. The van der Waals surface area contributed by atoms with Crippen LogP contribution in [0.3, 0.4) is 0 Å². The molecule has 0 aliphatic rings. The summed E-state index contributed by atoms with van der Waals surface area (Å²) in [5.74, 6) is -1.06. The van der Waals surface area contributed by atoms with Gasteiger partial charge in [0.2, 0.25) is 0 Å². The van der Waals surface area contributed by atoms with E-state index < -0.39 is 12.1 Å². The Balaban J connectivity index is 2.84. The molecule has 1 aromatic heterocycles. The van der Waals surface area contributed by atoms with Gasteiger partial charge in [-0.3, -0.25) is 0 Å². The molecular formula is C9H15N3O3. The molecule has 0 aliphatic heterocycles. The molecule has 15 heavy (non-hydrogen) atoms. The highest BCUT2D eigenvalue weighted by molar-refractivity contribution is 5.86. The van der Waals surface area contributed by atoms with Crippen LogP contribution in [-0.4, -0.2) is 37.3 Å². The third kappa shape index (κ3) is 2.76. The van der Waals surface area contributed by atoms with E-state index in [1.165, 1.54) is 4.68 Å². The molecule has 6 nitrogen and oxygen atoms in total. The van der Waals surface area contributed by atoms with E-state index in [-0.39, 0.29) is 5.69 Å². The molecule has 0 bridgehead atoms. The van der Waals surface area contributed by atoms with Crippen molar-refractivity contribution in [3.05, 3.63) is 11.4 Å². The Labute approximate surface area is 87.5 Å². The van der Waals surface area contributed by atoms with Gasteiger partial charge >= 0.3 is 5.97 Å². The topological polar surface area (TPSA) is 88.2 Å². The van der Waals surface area contributed by atoms with Gasteiger partial charge in [-0.25, -0.2) is 9.48 Å². The minimum absolute atomic E-state index is 0.00286. The minimum Gasteiger partial charge on any atom is -0.476 e. The van der Waals surface area contributed by atoms with E-state index in [0.29, 0.717) is 25.1 Å². The Hall–Kier alpha value is -1.43. The zero-order valence-electron chi connectivity index (χ0n) is 8.84. The van der Waals surface area contributed by atoms with E-state index in [1.54, 1.807) is 6.92 Å². The molecule has 0 aliphatic carbocycles. The second kappa shape index (κ2) is 4.88. The fraction of sp³-hybridized carbons (Fsp3) is 0.667. The van der Waals surface area contributed by atoms with E-state index in [4.69, 9.17) is 10.2 Å². The predicted octanol–water partition coefficient (Wildman–Crippen LogP) is 0.310. The van der Waals surface area contributed by atoms with Crippen LogP contribution in [-0.2, 0) is 13.0 Å². The quantitative estimate of drug-likeness (QED) is 0.734. The fourth-order valence-electron chi connectivity index (χ4n) is 1.34. The fourth-order valence-corrected chi connectivity index (χ4v) is 1.34. The second-order valence-corrected chi connectivity index (χ2v) is 3.40. The molecule has 0 fully saturated rings. The van der Waals surface area contributed by atoms with Crippen LogP contribution in [0.25, 0.3) is 0 Å². The van der Waals surface area contributed by atoms with Crippen molar-refractivity contribution in [2.45, 2.75) is 39.3 Å². The molecule has 0 spiro atoms. The van der Waals surface area contributed by atoms with Gasteiger partial charge in [-0.1, -0.05) is 12.1 Å². The van der Waals surface area contributed by atoms with Crippen LogP contribution in [0.5, 0.6) is 0 Å². The number of carboxylic acid groups (broad SMARTS) is 1. The number of aliphatic hydroxyl groups is 1. The Morgan fingerprint density at radius 1 is 1.60 bits per heavy atom. The molecule has 2 N–H and O–H groups in total. The summed E-state index contributed by atoms with van der Waals surface area (Å²) in [5.41, 5.74) is 0.603. The number of aromatic nitrogens is 3. The summed E-state index contributed by atoms with van der Waals surface area (Å²) in [6.45, 7) is 4.02. The molecule has 0 saturated heterocycles. The minimum atomic E-state index is -1.06. The summed E-state index contributed by atoms with van der Waals surface area (Å²) in [6, 6.07) is 0. The average Bonchev–Trinajstić information content (AvgIpc) is 2.57. The van der Waals surface area contributed by atoms with E-state index >= 15 is 0 Å². The van der Waals surface area contributed by atoms with Crippen LogP contribution in [0, 0.1) is 0 Å². The summed E-state index contributed by atoms with van der Waals surface area (Å²) < 4.78 is 1.54. The first-order valence-electron chi connectivity index (χ1n) is 4.90. The lowest BCUT2D eigenvalue weighted by molar-refractivity contribution is 0.0689. The van der Waals surface area contributed by atoms with Gasteiger partial charge in [0.25, 0.3) is 0 Å². The van der Waals surface area contributed by atoms with Crippen molar-refractivity contribution in [3.8, 4) is 0 Å². The first-order valence-corrected chi connectivity index (χ1v) is 4.90. The van der Waals surface area contributed by atoms with Crippen molar-refractivity contribution < 1.29 is 15.0 Å². The normalized spacial score (nSPS) is 12.7. The SMILES string of the molecule is CCc1c(C(=O)O)nnn1CCC(C)O. The first kappa shape index (κ1) is 11.6. The molecule has 84 valence electrons. The molecule has 0 aromatic carbocycles. The maximum Gasteiger partial charge on any atom is 0.358 e. The Morgan fingerprint density at radius 2 is 2.27 bits per heavy atom. The van der Waals surface area contributed by atoms with Crippen LogP contribution < -0.4 is 0 Å². The third-order valence-electron chi connectivity index (χ3n) is 2.13. The molecule has 1 heterocycles. The number of nitrogens with zero attached hydrogens (tertiary/aromatic N) is 3. The van der Waals surface area contributed by atoms with Crippen molar-refractivity contribution in [2.24, 2.45) is 0 Å². The van der Waals surface area contributed by atoms with E-state index in [9.17, 15) is 4.79 Å². The molecule has 1 unspecified atom stereocenters. The number of carboxylic acids is 1. The van der Waals surface area contributed by atoms with Crippen molar-refractivity contribution in [1.82, 2.24) is 15.0 Å². The standard InChI is InChI=1S/C9H15N3O3/c1-3-7-8(9(14)15)10-11-12(7)5-4-6(2)13/h6,13H,3-5H2,1-2H3,(H,14,15). The van der Waals surface area contributed by atoms with Gasteiger partial charge in [0.05, 0.1) is 11.8 Å². The van der Waals surface area contributed by atoms with E-state index in [0.717, 1.165) is 0 Å². The molecule has 6 heteroatoms. The van der Waals surface area contributed by atoms with E-state index in [2.05, 4.69) is 10.3 Å². The molecule has 0 saturated carbocycles. The lowest BCUT2D eigenvalue weighted by Crippen LogP contribution is -2.11. The molecule has 0 amide bonds. The van der Waals surface area contributed by atoms with Crippen molar-refractivity contribution >= 4 is 5.97 Å². The number of carbonyl (C=O) groups is 1. The maximum absolute atomic E-state index is 10.8. The Morgan fingerprint density at radius 3 is 2.73 bits per heavy atom. The average molecular weight is 213 g/mol. The smallest absolute Gasteiger partial charge is 0.358 e. The summed E-state index contributed by atoms with van der Waals surface area (Å²) in [7, 11) is 0. The predicted molar refractivity (Wildman–Crippen MR) is 52.7 cm³/mol. The zero-order chi connectivity index (χ0) is 11.4. The number of aromatic carboxylic acids is 1. The summed E-state index contributed by atoms with van der Waals surface area (Å²) in [4.78, 5) is 10.8. The third-order valence-corrected chi connectivity index (χ3v) is 2.13. The largest absolute Gasteiger partial charge is 0.476 e. The maximum atomic E-state index is 10.8. The zero-order valence-corrected chi connectivity index (χ0v) is 8.84. The van der Waals surface area contributed by atoms with Gasteiger partial charge in [-0.2, -0.15) is 0 Å². The van der Waals surface area contributed by atoms with Gasteiger partial charge in [0.1, 0.15) is 0 Å². The second-order valence-electron chi connectivity index (χ2n) is 3.40. The number of aryl methyl sites for hydroxylation is 1. The van der Waals surface area contributed by atoms with Gasteiger partial charge in [0, 0.05) is 6.54 Å². The van der Waals surface area contributed by atoms with Gasteiger partial charge in [-0.05, 0) is 19.8 Å². The molecule has 1 atom stereocenters. The highest BCUT2D eigenvalue weighted by Crippen LogP contribution is 2.07. The molecule has 1 aromatic rings. The lowest BCUT2D eigenvalue weighted by Gasteiger charge is -2.06. The van der Waals surface area contributed by atoms with Crippen molar-refractivity contribution in [3.63, 3.8) is 0 Å². The summed E-state index contributed by atoms with van der Waals surface area (Å²) in [6.07, 6.45) is 0.677. The number of hydrogen-bond acceptors (Lipinski definition) is 4. The monoisotopic (exact) mass is 213 g/mol. The number of aliphatic hydroxyl groups excluding tert-OH is 1. The van der Waals surface area contributed by atoms with Crippen molar-refractivity contribution in [2.75, 3.05) is 0 Å². The van der Waals surface area contributed by atoms with Crippen LogP contribution in [0.2, 0.25) is 0 Å². The van der Waals surface area contributed by atoms with Crippen LogP contribution in [0.1, 0.15) is 36.5 Å². The van der Waals surface area contributed by atoms with Crippen LogP contribution >= 0.6 is 0 Å². The Kier molecular flexibility index (Phi) is 3.79. The molecule has 1 rings (SSSR count). The number of hydrogen-bond donors (Lipinski definition) is 2. The molecule has 0 radical (unpaired) electrons. The van der Waals surface area contributed by atoms with Crippen LogP contribution in [0.4, 0.5) is 0 Å². The molecular weight excluding hydrogens is 198 g/mol. The Bertz CT molecular complexity index is 346. The van der Waals surface area contributed by atoms with Gasteiger partial charge in [0.15, 0.2) is 5.69 Å². The van der Waals surface area contributed by atoms with E-state index in [1.807, 2.05) is 6.92 Å². The van der Waals surface area contributed by atoms with Crippen molar-refractivity contribution in [1.29, 1.82) is 0 Å². The first-order chi connectivity index (χ1) is 7.06. The highest BCUT2D eigenvalue weighted by Gasteiger charge is 2.17. The van der Waals surface area contributed by atoms with Gasteiger partial charge in [-0.15, -0.1) is 5.10 Å². The van der Waals surface area contributed by atoms with Gasteiger partial charge < -0.3 is 10.2 Å². The number of rotatable bonds is 5. The van der Waals surface area contributed by atoms with Crippen LogP contribution in [0.15, 0.2) is 0 Å². The summed E-state index contributed by atoms with van der Waals surface area (Å²) >= 11 is 0. The lowest BCUT2D eigenvalue weighted by atomic mass is 10.2. The summed E-state index contributed by atoms with van der Waals surface area (Å²) in [5, 5.41) is 25.3.